The van der Waals surface area contributed by atoms with Crippen molar-refractivity contribution < 1.29 is 4.74 Å². The summed E-state index contributed by atoms with van der Waals surface area (Å²) in [5.41, 5.74) is 0.203. The van der Waals surface area contributed by atoms with Gasteiger partial charge in [-0.15, -0.1) is 0 Å². The van der Waals surface area contributed by atoms with Crippen LogP contribution in [0.15, 0.2) is 6.07 Å². The van der Waals surface area contributed by atoms with Gasteiger partial charge in [0.15, 0.2) is 0 Å². The monoisotopic (exact) mass is 292 g/mol. The largest absolute Gasteiger partial charge is 0.481 e. The van der Waals surface area contributed by atoms with Gasteiger partial charge in [-0.1, -0.05) is 0 Å². The third kappa shape index (κ3) is 4.84. The lowest BCUT2D eigenvalue weighted by atomic mass is 9.95. The minimum Gasteiger partial charge on any atom is -0.481 e. The van der Waals surface area contributed by atoms with Gasteiger partial charge in [0.2, 0.25) is 5.88 Å². The second kappa shape index (κ2) is 6.60. The van der Waals surface area contributed by atoms with Gasteiger partial charge in [0, 0.05) is 24.7 Å². The molecule has 0 atom stereocenters. The van der Waals surface area contributed by atoms with E-state index in [1.807, 2.05) is 13.0 Å². The van der Waals surface area contributed by atoms with E-state index >= 15 is 0 Å². The Morgan fingerprint density at radius 2 is 1.95 bits per heavy atom. The highest BCUT2D eigenvalue weighted by Crippen LogP contribution is 2.24. The highest BCUT2D eigenvalue weighted by molar-refractivity contribution is 5.42. The van der Waals surface area contributed by atoms with Crippen LogP contribution < -0.4 is 15.0 Å². The van der Waals surface area contributed by atoms with E-state index in [1.165, 1.54) is 12.8 Å². The number of hydrogen-bond donors (Lipinski definition) is 1. The lowest BCUT2D eigenvalue weighted by Crippen LogP contribution is -2.43. The van der Waals surface area contributed by atoms with Crippen LogP contribution in [0.2, 0.25) is 0 Å². The first-order chi connectivity index (χ1) is 9.87. The maximum atomic E-state index is 5.24. The van der Waals surface area contributed by atoms with Gasteiger partial charge in [-0.25, -0.2) is 4.98 Å². The SMILES string of the molecule is COc1cc(N2CCC(CNC(C)(C)C)CC2)nc(C)n1. The van der Waals surface area contributed by atoms with Crippen molar-refractivity contribution in [2.45, 2.75) is 46.1 Å². The molecule has 0 radical (unpaired) electrons. The summed E-state index contributed by atoms with van der Waals surface area (Å²) in [5, 5.41) is 3.61. The average Bonchev–Trinajstić information content (AvgIpc) is 2.44. The van der Waals surface area contributed by atoms with Crippen molar-refractivity contribution in [2.24, 2.45) is 5.92 Å². The van der Waals surface area contributed by atoms with Crippen molar-refractivity contribution in [3.8, 4) is 5.88 Å². The fraction of sp³-hybridized carbons (Fsp3) is 0.750. The number of nitrogens with zero attached hydrogens (tertiary/aromatic N) is 3. The summed E-state index contributed by atoms with van der Waals surface area (Å²) in [6.45, 7) is 11.8. The number of piperidine rings is 1. The van der Waals surface area contributed by atoms with Gasteiger partial charge in [0.25, 0.3) is 0 Å². The highest BCUT2D eigenvalue weighted by Gasteiger charge is 2.22. The standard InChI is InChI=1S/C16H28N4O/c1-12-18-14(10-15(19-12)21-5)20-8-6-13(7-9-20)11-17-16(2,3)4/h10,13,17H,6-9,11H2,1-5H3. The van der Waals surface area contributed by atoms with Crippen LogP contribution in [0.1, 0.15) is 39.4 Å². The third-order valence-corrected chi connectivity index (χ3v) is 3.87. The van der Waals surface area contributed by atoms with Crippen LogP contribution in [-0.2, 0) is 0 Å². The fourth-order valence-electron chi connectivity index (χ4n) is 2.61. The summed E-state index contributed by atoms with van der Waals surface area (Å²) < 4.78 is 5.24. The van der Waals surface area contributed by atoms with Gasteiger partial charge in [-0.2, -0.15) is 4.98 Å². The van der Waals surface area contributed by atoms with Crippen LogP contribution in [0, 0.1) is 12.8 Å². The molecule has 5 nitrogen and oxygen atoms in total. The van der Waals surface area contributed by atoms with E-state index in [1.54, 1.807) is 7.11 Å². The zero-order valence-corrected chi connectivity index (χ0v) is 13.9. The molecule has 0 amide bonds. The van der Waals surface area contributed by atoms with Crippen LogP contribution >= 0.6 is 0 Å². The van der Waals surface area contributed by atoms with Crippen molar-refractivity contribution in [2.75, 3.05) is 31.6 Å². The minimum atomic E-state index is 0.203. The number of rotatable bonds is 4. The zero-order valence-electron chi connectivity index (χ0n) is 13.9. The van der Waals surface area contributed by atoms with Crippen LogP contribution in [0.25, 0.3) is 0 Å². The smallest absolute Gasteiger partial charge is 0.218 e. The average molecular weight is 292 g/mol. The van der Waals surface area contributed by atoms with Crippen LogP contribution in [0.4, 0.5) is 5.82 Å². The summed E-state index contributed by atoms with van der Waals surface area (Å²) >= 11 is 0. The highest BCUT2D eigenvalue weighted by atomic mass is 16.5. The molecule has 1 aromatic rings. The molecule has 1 fully saturated rings. The Balaban J connectivity index is 1.90. The first kappa shape index (κ1) is 16.0. The Morgan fingerprint density at radius 3 is 2.52 bits per heavy atom. The van der Waals surface area contributed by atoms with E-state index in [-0.39, 0.29) is 5.54 Å². The van der Waals surface area contributed by atoms with Gasteiger partial charge < -0.3 is 15.0 Å². The van der Waals surface area contributed by atoms with E-state index in [2.05, 4.69) is 41.0 Å². The Bertz CT molecular complexity index is 462. The number of nitrogens with one attached hydrogen (secondary N) is 1. The summed E-state index contributed by atoms with van der Waals surface area (Å²) in [6.07, 6.45) is 2.41. The van der Waals surface area contributed by atoms with Crippen LogP contribution in [0.3, 0.4) is 0 Å². The maximum absolute atomic E-state index is 5.24. The zero-order chi connectivity index (χ0) is 15.5. The molecule has 1 aliphatic heterocycles. The molecule has 0 saturated carbocycles. The molecule has 0 spiro atoms. The summed E-state index contributed by atoms with van der Waals surface area (Å²) in [6, 6.07) is 1.93. The predicted molar refractivity (Wildman–Crippen MR) is 86.0 cm³/mol. The summed E-state index contributed by atoms with van der Waals surface area (Å²) in [7, 11) is 1.65. The molecule has 1 aliphatic rings. The van der Waals surface area contributed by atoms with Crippen molar-refractivity contribution in [3.63, 3.8) is 0 Å². The molecule has 2 rings (SSSR count). The molecule has 2 heterocycles. The van der Waals surface area contributed by atoms with Crippen molar-refractivity contribution in [1.82, 2.24) is 15.3 Å². The van der Waals surface area contributed by atoms with Crippen molar-refractivity contribution in [1.29, 1.82) is 0 Å². The first-order valence-electron chi connectivity index (χ1n) is 7.77. The molecule has 21 heavy (non-hydrogen) atoms. The lowest BCUT2D eigenvalue weighted by Gasteiger charge is -2.34. The third-order valence-electron chi connectivity index (χ3n) is 3.87. The van der Waals surface area contributed by atoms with Gasteiger partial charge in [-0.05, 0) is 53.0 Å². The Kier molecular flexibility index (Phi) is 5.04. The minimum absolute atomic E-state index is 0.203. The summed E-state index contributed by atoms with van der Waals surface area (Å²) in [5.74, 6) is 3.15. The van der Waals surface area contributed by atoms with E-state index in [9.17, 15) is 0 Å². The fourth-order valence-corrected chi connectivity index (χ4v) is 2.61. The Labute approximate surface area is 128 Å². The molecule has 5 heteroatoms. The molecule has 0 aliphatic carbocycles. The molecule has 1 saturated heterocycles. The molecule has 0 unspecified atom stereocenters. The first-order valence-corrected chi connectivity index (χ1v) is 7.77. The molecular formula is C16H28N4O. The van der Waals surface area contributed by atoms with E-state index in [0.717, 1.165) is 37.2 Å². The Morgan fingerprint density at radius 1 is 1.29 bits per heavy atom. The van der Waals surface area contributed by atoms with E-state index in [4.69, 9.17) is 4.74 Å². The van der Waals surface area contributed by atoms with Crippen molar-refractivity contribution >= 4 is 5.82 Å². The van der Waals surface area contributed by atoms with Gasteiger partial charge in [-0.3, -0.25) is 0 Å². The van der Waals surface area contributed by atoms with Crippen LogP contribution in [-0.4, -0.2) is 42.3 Å². The molecular weight excluding hydrogens is 264 g/mol. The molecule has 118 valence electrons. The van der Waals surface area contributed by atoms with Gasteiger partial charge in [0.05, 0.1) is 7.11 Å². The lowest BCUT2D eigenvalue weighted by molar-refractivity contribution is 0.328. The second-order valence-corrected chi connectivity index (χ2v) is 6.88. The second-order valence-electron chi connectivity index (χ2n) is 6.88. The van der Waals surface area contributed by atoms with E-state index in [0.29, 0.717) is 5.88 Å². The quantitative estimate of drug-likeness (QED) is 0.923. The van der Waals surface area contributed by atoms with Crippen LogP contribution in [0.5, 0.6) is 5.88 Å². The topological polar surface area (TPSA) is 50.3 Å². The number of ether oxygens (including phenoxy) is 1. The summed E-state index contributed by atoms with van der Waals surface area (Å²) in [4.78, 5) is 11.1. The predicted octanol–water partition coefficient (Wildman–Crippen LogP) is 2.40. The molecule has 1 N–H and O–H groups in total. The Hall–Kier alpha value is -1.36. The van der Waals surface area contributed by atoms with E-state index < -0.39 is 0 Å². The van der Waals surface area contributed by atoms with Gasteiger partial charge in [0.1, 0.15) is 11.6 Å². The van der Waals surface area contributed by atoms with Crippen molar-refractivity contribution in [3.05, 3.63) is 11.9 Å². The number of anilines is 1. The molecule has 1 aromatic heterocycles. The number of hydrogen-bond acceptors (Lipinski definition) is 5. The number of aromatic nitrogens is 2. The maximum Gasteiger partial charge on any atom is 0.218 e. The van der Waals surface area contributed by atoms with Gasteiger partial charge >= 0.3 is 0 Å². The molecule has 0 aromatic carbocycles. The number of aryl methyl sites for hydroxylation is 1. The molecule has 0 bridgehead atoms. The number of methoxy groups -OCH3 is 1. The normalized spacial score (nSPS) is 17.1.